The lowest BCUT2D eigenvalue weighted by atomic mass is 9.89. The molecule has 0 saturated heterocycles. The van der Waals surface area contributed by atoms with Gasteiger partial charge in [-0.3, -0.25) is 4.79 Å². The number of hydrogen-bond acceptors (Lipinski definition) is 1. The second-order valence-corrected chi connectivity index (χ2v) is 4.31. The number of aryl methyl sites for hydroxylation is 1. The number of hydrogen-bond donors (Lipinski definition) is 0. The summed E-state index contributed by atoms with van der Waals surface area (Å²) in [4.78, 5) is 11.4. The molecule has 14 heavy (non-hydrogen) atoms. The molecule has 1 fully saturated rings. The molecule has 2 atom stereocenters. The third-order valence-corrected chi connectivity index (χ3v) is 3.32. The van der Waals surface area contributed by atoms with Gasteiger partial charge in [-0.05, 0) is 24.8 Å². The Morgan fingerprint density at radius 1 is 1.21 bits per heavy atom. The molecule has 74 valence electrons. The van der Waals surface area contributed by atoms with E-state index in [1.54, 1.807) is 0 Å². The van der Waals surface area contributed by atoms with Crippen LogP contribution in [0.15, 0.2) is 24.3 Å². The minimum Gasteiger partial charge on any atom is -0.299 e. The van der Waals surface area contributed by atoms with Crippen molar-refractivity contribution >= 4 is 5.78 Å². The monoisotopic (exact) mass is 188 g/mol. The molecular weight excluding hydrogens is 172 g/mol. The number of ketones is 1. The van der Waals surface area contributed by atoms with Crippen LogP contribution in [0.4, 0.5) is 0 Å². The molecule has 1 heteroatoms. The molecule has 1 aromatic rings. The highest BCUT2D eigenvalue weighted by atomic mass is 16.1. The van der Waals surface area contributed by atoms with Gasteiger partial charge in [0.2, 0.25) is 0 Å². The summed E-state index contributed by atoms with van der Waals surface area (Å²) in [5, 5.41) is 0. The first-order valence-corrected chi connectivity index (χ1v) is 5.28. The second-order valence-electron chi connectivity index (χ2n) is 4.31. The van der Waals surface area contributed by atoms with Gasteiger partial charge >= 0.3 is 0 Å². The number of benzene rings is 1. The molecule has 1 nitrogen and oxygen atoms in total. The van der Waals surface area contributed by atoms with E-state index in [2.05, 4.69) is 38.1 Å². The van der Waals surface area contributed by atoms with Crippen LogP contribution < -0.4 is 0 Å². The van der Waals surface area contributed by atoms with E-state index in [1.807, 2.05) is 0 Å². The second kappa shape index (κ2) is 3.56. The van der Waals surface area contributed by atoms with Crippen molar-refractivity contribution in [3.05, 3.63) is 35.4 Å². The first-order valence-electron chi connectivity index (χ1n) is 5.28. The normalized spacial score (nSPS) is 26.9. The van der Waals surface area contributed by atoms with E-state index in [0.29, 0.717) is 11.7 Å². The summed E-state index contributed by atoms with van der Waals surface area (Å²) < 4.78 is 0. The fourth-order valence-corrected chi connectivity index (χ4v) is 2.27. The van der Waals surface area contributed by atoms with Gasteiger partial charge in [0.15, 0.2) is 0 Å². The Morgan fingerprint density at radius 2 is 1.86 bits per heavy atom. The van der Waals surface area contributed by atoms with Gasteiger partial charge in [0.05, 0.1) is 0 Å². The maximum Gasteiger partial charge on any atom is 0.136 e. The number of carbonyl (C=O) groups excluding carboxylic acids is 1. The van der Waals surface area contributed by atoms with Crippen LogP contribution in [0.25, 0.3) is 0 Å². The molecule has 0 aliphatic heterocycles. The van der Waals surface area contributed by atoms with E-state index in [0.717, 1.165) is 12.8 Å². The van der Waals surface area contributed by atoms with Crippen molar-refractivity contribution in [2.24, 2.45) is 5.92 Å². The largest absolute Gasteiger partial charge is 0.299 e. The Hall–Kier alpha value is -1.11. The molecule has 2 rings (SSSR count). The van der Waals surface area contributed by atoms with Gasteiger partial charge in [-0.15, -0.1) is 0 Å². The zero-order valence-corrected chi connectivity index (χ0v) is 8.79. The topological polar surface area (TPSA) is 17.1 Å². The first kappa shape index (κ1) is 9.45. The van der Waals surface area contributed by atoms with Crippen LogP contribution in [0.3, 0.4) is 0 Å². The molecule has 1 aromatic carbocycles. The van der Waals surface area contributed by atoms with E-state index in [1.165, 1.54) is 11.1 Å². The maximum absolute atomic E-state index is 11.4. The Kier molecular flexibility index (Phi) is 2.40. The van der Waals surface area contributed by atoms with Crippen LogP contribution in [0.5, 0.6) is 0 Å². The minimum atomic E-state index is 0.220. The highest BCUT2D eigenvalue weighted by molar-refractivity contribution is 5.84. The Balaban J connectivity index is 2.23. The van der Waals surface area contributed by atoms with Gasteiger partial charge in [0, 0.05) is 12.3 Å². The molecule has 0 spiro atoms. The van der Waals surface area contributed by atoms with Crippen molar-refractivity contribution in [2.75, 3.05) is 0 Å². The predicted molar refractivity (Wildman–Crippen MR) is 57.3 cm³/mol. The van der Waals surface area contributed by atoms with Crippen molar-refractivity contribution in [3.8, 4) is 0 Å². The van der Waals surface area contributed by atoms with E-state index in [4.69, 9.17) is 0 Å². The van der Waals surface area contributed by atoms with Gasteiger partial charge in [-0.2, -0.15) is 0 Å². The molecule has 1 saturated carbocycles. The highest BCUT2D eigenvalue weighted by Gasteiger charge is 2.31. The lowest BCUT2D eigenvalue weighted by Crippen LogP contribution is -2.08. The summed E-state index contributed by atoms with van der Waals surface area (Å²) in [6.45, 7) is 4.15. The molecule has 1 aliphatic carbocycles. The molecule has 0 heterocycles. The summed E-state index contributed by atoms with van der Waals surface area (Å²) in [6, 6.07) is 8.58. The fraction of sp³-hybridized carbons (Fsp3) is 0.462. The quantitative estimate of drug-likeness (QED) is 0.662. The van der Waals surface area contributed by atoms with E-state index < -0.39 is 0 Å². The van der Waals surface area contributed by atoms with Gasteiger partial charge in [0.25, 0.3) is 0 Å². The number of carbonyl (C=O) groups is 1. The van der Waals surface area contributed by atoms with Gasteiger partial charge in [0.1, 0.15) is 5.78 Å². The van der Waals surface area contributed by atoms with Crippen LogP contribution in [-0.2, 0) is 4.79 Å². The van der Waals surface area contributed by atoms with Crippen LogP contribution in [0, 0.1) is 12.8 Å². The lowest BCUT2D eigenvalue weighted by Gasteiger charge is -2.14. The third kappa shape index (κ3) is 1.59. The van der Waals surface area contributed by atoms with Gasteiger partial charge in [-0.1, -0.05) is 36.8 Å². The predicted octanol–water partition coefficient (Wildman–Crippen LogP) is 3.08. The number of Topliss-reactive ketones (excluding diaryl/α,β-unsaturated/α-hetero) is 1. The van der Waals surface area contributed by atoms with Gasteiger partial charge in [-0.25, -0.2) is 0 Å². The Bertz CT molecular complexity index is 337. The zero-order valence-electron chi connectivity index (χ0n) is 8.79. The number of rotatable bonds is 1. The van der Waals surface area contributed by atoms with E-state index in [9.17, 15) is 4.79 Å². The van der Waals surface area contributed by atoms with Crippen molar-refractivity contribution in [3.63, 3.8) is 0 Å². The zero-order chi connectivity index (χ0) is 10.1. The SMILES string of the molecule is Cc1ccc(C2CCC(=O)C2C)cc1. The molecule has 0 amide bonds. The van der Waals surface area contributed by atoms with Crippen LogP contribution in [0.1, 0.15) is 36.8 Å². The Labute approximate surface area is 85.1 Å². The summed E-state index contributed by atoms with van der Waals surface area (Å²) >= 11 is 0. The average Bonchev–Trinajstić information content (AvgIpc) is 2.50. The smallest absolute Gasteiger partial charge is 0.136 e. The van der Waals surface area contributed by atoms with Crippen molar-refractivity contribution in [1.82, 2.24) is 0 Å². The van der Waals surface area contributed by atoms with E-state index >= 15 is 0 Å². The summed E-state index contributed by atoms with van der Waals surface area (Å²) in [5.41, 5.74) is 2.61. The van der Waals surface area contributed by atoms with E-state index in [-0.39, 0.29) is 5.92 Å². The highest BCUT2D eigenvalue weighted by Crippen LogP contribution is 2.36. The average molecular weight is 188 g/mol. The summed E-state index contributed by atoms with van der Waals surface area (Å²) in [7, 11) is 0. The summed E-state index contributed by atoms with van der Waals surface area (Å²) in [6.07, 6.45) is 1.79. The minimum absolute atomic E-state index is 0.220. The molecule has 0 radical (unpaired) electrons. The van der Waals surface area contributed by atoms with Crippen LogP contribution in [0.2, 0.25) is 0 Å². The molecule has 0 aromatic heterocycles. The Morgan fingerprint density at radius 3 is 2.36 bits per heavy atom. The lowest BCUT2D eigenvalue weighted by molar-refractivity contribution is -0.120. The molecule has 0 bridgehead atoms. The standard InChI is InChI=1S/C13H16O/c1-9-3-5-11(6-4-9)12-7-8-13(14)10(12)2/h3-6,10,12H,7-8H2,1-2H3. The first-order chi connectivity index (χ1) is 6.68. The fourth-order valence-electron chi connectivity index (χ4n) is 2.27. The summed E-state index contributed by atoms with van der Waals surface area (Å²) in [5.74, 6) is 1.11. The molecule has 2 unspecified atom stereocenters. The molecule has 1 aliphatic rings. The maximum atomic E-state index is 11.4. The van der Waals surface area contributed by atoms with Gasteiger partial charge < -0.3 is 0 Å². The van der Waals surface area contributed by atoms with Crippen molar-refractivity contribution < 1.29 is 4.79 Å². The third-order valence-electron chi connectivity index (χ3n) is 3.32. The van der Waals surface area contributed by atoms with Crippen LogP contribution >= 0.6 is 0 Å². The molecular formula is C13H16O. The molecule has 0 N–H and O–H groups in total. The van der Waals surface area contributed by atoms with Crippen molar-refractivity contribution in [2.45, 2.75) is 32.6 Å². The van der Waals surface area contributed by atoms with Crippen LogP contribution in [-0.4, -0.2) is 5.78 Å². The van der Waals surface area contributed by atoms with Crippen molar-refractivity contribution in [1.29, 1.82) is 0 Å².